The number of benzene rings is 2. The molecule has 6 heteroatoms. The maximum absolute atomic E-state index is 13.7. The second-order valence-electron chi connectivity index (χ2n) is 4.50. The molecule has 2 N–H and O–H groups in total. The Hall–Kier alpha value is -3.02. The molecule has 0 unspecified atom stereocenters. The van der Waals surface area contributed by atoms with E-state index in [2.05, 4.69) is 0 Å². The molecule has 3 rings (SSSR count). The molecular weight excluding hydrogens is 275 g/mol. The highest BCUT2D eigenvalue weighted by atomic mass is 19.1. The van der Waals surface area contributed by atoms with Gasteiger partial charge in [-0.2, -0.15) is 0 Å². The van der Waals surface area contributed by atoms with Crippen LogP contribution in [0.15, 0.2) is 42.5 Å². The van der Waals surface area contributed by atoms with Crippen LogP contribution in [0.25, 0.3) is 0 Å². The van der Waals surface area contributed by atoms with E-state index >= 15 is 0 Å². The van der Waals surface area contributed by atoms with Crippen LogP contribution in [0.2, 0.25) is 0 Å². The van der Waals surface area contributed by atoms with Crippen molar-refractivity contribution in [2.24, 2.45) is 0 Å². The van der Waals surface area contributed by atoms with E-state index in [-0.39, 0.29) is 22.4 Å². The van der Waals surface area contributed by atoms with E-state index in [1.165, 1.54) is 36.4 Å². The molecule has 1 aliphatic heterocycles. The first-order chi connectivity index (χ1) is 10.0. The fraction of sp³-hybridized carbons (Fsp3) is 0. The molecule has 5 nitrogen and oxygen atoms in total. The van der Waals surface area contributed by atoms with Gasteiger partial charge in [0.15, 0.2) is 0 Å². The Balaban J connectivity index is 2.09. The van der Waals surface area contributed by atoms with Crippen LogP contribution in [-0.4, -0.2) is 22.6 Å². The Morgan fingerprint density at radius 3 is 2.38 bits per heavy atom. The zero-order chi connectivity index (χ0) is 15.1. The molecule has 3 amide bonds. The van der Waals surface area contributed by atoms with Gasteiger partial charge in [-0.25, -0.2) is 9.29 Å². The van der Waals surface area contributed by atoms with E-state index < -0.39 is 23.5 Å². The van der Waals surface area contributed by atoms with Crippen LogP contribution >= 0.6 is 0 Å². The minimum atomic E-state index is -1.00. The van der Waals surface area contributed by atoms with Gasteiger partial charge in [0.2, 0.25) is 0 Å². The molecule has 2 aromatic rings. The quantitative estimate of drug-likeness (QED) is 0.640. The van der Waals surface area contributed by atoms with Crippen LogP contribution in [0, 0.1) is 5.82 Å². The number of carbonyl (C=O) groups excluding carboxylic acids is 3. The molecular formula is C15H9FN2O3. The summed E-state index contributed by atoms with van der Waals surface area (Å²) in [5.74, 6) is -3.43. The van der Waals surface area contributed by atoms with Gasteiger partial charge in [-0.1, -0.05) is 18.2 Å². The van der Waals surface area contributed by atoms with Crippen molar-refractivity contribution in [2.45, 2.75) is 0 Å². The molecule has 0 atom stereocenters. The highest BCUT2D eigenvalue weighted by Gasteiger charge is 2.42. The summed E-state index contributed by atoms with van der Waals surface area (Å²) >= 11 is 0. The summed E-state index contributed by atoms with van der Waals surface area (Å²) < 4.78 is 13.7. The van der Waals surface area contributed by atoms with Crippen LogP contribution in [0.5, 0.6) is 0 Å². The third-order valence-electron chi connectivity index (χ3n) is 3.25. The van der Waals surface area contributed by atoms with Crippen molar-refractivity contribution >= 4 is 23.4 Å². The standard InChI is InChI=1S/C15H9FN2O3/c16-10-6-2-1-4-8(10)13(19)18-14(20)9-5-3-7-11(17)12(9)15(18)21/h1-7H,17H2. The third kappa shape index (κ3) is 1.80. The van der Waals surface area contributed by atoms with Gasteiger partial charge in [-0.3, -0.25) is 14.4 Å². The van der Waals surface area contributed by atoms with Gasteiger partial charge in [-0.05, 0) is 24.3 Å². The fourth-order valence-corrected chi connectivity index (χ4v) is 2.25. The molecule has 21 heavy (non-hydrogen) atoms. The molecule has 2 aromatic carbocycles. The number of hydrogen-bond donors (Lipinski definition) is 1. The molecule has 0 spiro atoms. The summed E-state index contributed by atoms with van der Waals surface area (Å²) in [6.45, 7) is 0. The number of carbonyl (C=O) groups is 3. The summed E-state index contributed by atoms with van der Waals surface area (Å²) in [6.07, 6.45) is 0. The molecule has 104 valence electrons. The van der Waals surface area contributed by atoms with Gasteiger partial charge in [0.25, 0.3) is 17.7 Å². The monoisotopic (exact) mass is 284 g/mol. The molecule has 1 heterocycles. The Morgan fingerprint density at radius 1 is 1.00 bits per heavy atom. The molecule has 0 saturated carbocycles. The van der Waals surface area contributed by atoms with Crippen LogP contribution in [-0.2, 0) is 0 Å². The lowest BCUT2D eigenvalue weighted by atomic mass is 10.1. The topological polar surface area (TPSA) is 80.5 Å². The highest BCUT2D eigenvalue weighted by Crippen LogP contribution is 2.29. The second kappa shape index (κ2) is 4.52. The number of halogens is 1. The van der Waals surface area contributed by atoms with Crippen LogP contribution in [0.3, 0.4) is 0 Å². The molecule has 0 saturated heterocycles. The number of hydrogen-bond acceptors (Lipinski definition) is 4. The van der Waals surface area contributed by atoms with Crippen LogP contribution in [0.1, 0.15) is 31.1 Å². The Morgan fingerprint density at radius 2 is 1.71 bits per heavy atom. The number of nitrogens with two attached hydrogens (primary N) is 1. The average molecular weight is 284 g/mol. The summed E-state index contributed by atoms with van der Waals surface area (Å²) in [4.78, 5) is 37.1. The summed E-state index contributed by atoms with van der Waals surface area (Å²) in [6, 6.07) is 9.53. The van der Waals surface area contributed by atoms with Gasteiger partial charge in [-0.15, -0.1) is 0 Å². The lowest BCUT2D eigenvalue weighted by molar-refractivity contribution is 0.0564. The van der Waals surface area contributed by atoms with E-state index in [9.17, 15) is 18.8 Å². The largest absolute Gasteiger partial charge is 0.398 e. The minimum absolute atomic E-state index is 0.0211. The van der Waals surface area contributed by atoms with Gasteiger partial charge in [0.1, 0.15) is 5.82 Å². The maximum Gasteiger partial charge on any atom is 0.270 e. The third-order valence-corrected chi connectivity index (χ3v) is 3.25. The Bertz CT molecular complexity index is 801. The Kier molecular flexibility index (Phi) is 2.79. The first-order valence-electron chi connectivity index (χ1n) is 6.08. The number of rotatable bonds is 1. The van der Waals surface area contributed by atoms with E-state index in [0.717, 1.165) is 6.07 Å². The molecule has 0 radical (unpaired) electrons. The van der Waals surface area contributed by atoms with E-state index in [0.29, 0.717) is 4.90 Å². The molecule has 0 aromatic heterocycles. The van der Waals surface area contributed by atoms with Crippen molar-refractivity contribution in [1.29, 1.82) is 0 Å². The first kappa shape index (κ1) is 13.0. The number of nitrogen functional groups attached to an aromatic ring is 1. The number of fused-ring (bicyclic) bond motifs is 1. The molecule has 1 aliphatic rings. The number of nitrogens with zero attached hydrogens (tertiary/aromatic N) is 1. The lowest BCUT2D eigenvalue weighted by Crippen LogP contribution is -2.36. The normalized spacial score (nSPS) is 13.5. The summed E-state index contributed by atoms with van der Waals surface area (Å²) in [5, 5.41) is 0. The summed E-state index contributed by atoms with van der Waals surface area (Å²) in [5.41, 5.74) is 5.46. The Labute approximate surface area is 118 Å². The van der Waals surface area contributed by atoms with Crippen LogP contribution in [0.4, 0.5) is 10.1 Å². The first-order valence-corrected chi connectivity index (χ1v) is 6.08. The molecule has 0 fully saturated rings. The van der Waals surface area contributed by atoms with Crippen molar-refractivity contribution in [3.63, 3.8) is 0 Å². The van der Waals surface area contributed by atoms with E-state index in [4.69, 9.17) is 5.73 Å². The number of anilines is 1. The predicted octanol–water partition coefficient (Wildman–Crippen LogP) is 1.84. The van der Waals surface area contributed by atoms with Gasteiger partial charge in [0.05, 0.1) is 16.7 Å². The van der Waals surface area contributed by atoms with Crippen molar-refractivity contribution in [2.75, 3.05) is 5.73 Å². The molecule has 0 bridgehead atoms. The van der Waals surface area contributed by atoms with Gasteiger partial charge >= 0.3 is 0 Å². The summed E-state index contributed by atoms with van der Waals surface area (Å²) in [7, 11) is 0. The van der Waals surface area contributed by atoms with Crippen molar-refractivity contribution in [3.05, 3.63) is 65.0 Å². The van der Waals surface area contributed by atoms with Crippen LogP contribution < -0.4 is 5.73 Å². The van der Waals surface area contributed by atoms with Crippen molar-refractivity contribution in [3.8, 4) is 0 Å². The maximum atomic E-state index is 13.7. The highest BCUT2D eigenvalue weighted by molar-refractivity contribution is 6.32. The second-order valence-corrected chi connectivity index (χ2v) is 4.50. The van der Waals surface area contributed by atoms with Crippen molar-refractivity contribution in [1.82, 2.24) is 4.90 Å². The van der Waals surface area contributed by atoms with Gasteiger partial charge in [0, 0.05) is 5.69 Å². The smallest absolute Gasteiger partial charge is 0.270 e. The van der Waals surface area contributed by atoms with Crippen molar-refractivity contribution < 1.29 is 18.8 Å². The number of imide groups is 3. The fourth-order valence-electron chi connectivity index (χ4n) is 2.25. The predicted molar refractivity (Wildman–Crippen MR) is 72.1 cm³/mol. The average Bonchev–Trinajstić information content (AvgIpc) is 2.72. The number of amides is 3. The zero-order valence-corrected chi connectivity index (χ0v) is 10.7. The molecule has 0 aliphatic carbocycles. The van der Waals surface area contributed by atoms with E-state index in [1.807, 2.05) is 0 Å². The minimum Gasteiger partial charge on any atom is -0.398 e. The zero-order valence-electron chi connectivity index (χ0n) is 10.7. The lowest BCUT2D eigenvalue weighted by Gasteiger charge is -2.12. The SMILES string of the molecule is Nc1cccc2c1C(=O)N(C(=O)c1ccccc1F)C2=O. The van der Waals surface area contributed by atoms with E-state index in [1.54, 1.807) is 0 Å². The van der Waals surface area contributed by atoms with Gasteiger partial charge < -0.3 is 5.73 Å².